The minimum Gasteiger partial charge on any atom is -0.419 e. The number of carbonyl (C=O) groups excluding carboxylic acids is 1. The Kier molecular flexibility index (Phi) is 6.92. The standard InChI is InChI=1S/C28H30FN5O2S/c1-17-16-37-25(31-17)23-10-7-11-34(23)26(35)22-13-20(18(2)29)12-21(14-22)24-32-33-27(36-24)28(3,30)15-19-8-5-4-6-9-19/h4-6,8-9,12-14,16,18,23H,7,10-11,15,30H2,1-3H3. The van der Waals surface area contributed by atoms with E-state index in [-0.39, 0.29) is 23.7 Å². The fourth-order valence-corrected chi connectivity index (χ4v) is 5.69. The van der Waals surface area contributed by atoms with Crippen molar-refractivity contribution < 1.29 is 13.6 Å². The smallest absolute Gasteiger partial charge is 0.254 e. The van der Waals surface area contributed by atoms with Crippen LogP contribution in [-0.4, -0.2) is 32.5 Å². The van der Waals surface area contributed by atoms with Gasteiger partial charge in [-0.25, -0.2) is 9.37 Å². The van der Waals surface area contributed by atoms with Crippen molar-refractivity contribution in [3.63, 3.8) is 0 Å². The molecule has 1 saturated heterocycles. The molecule has 0 saturated carbocycles. The van der Waals surface area contributed by atoms with E-state index >= 15 is 0 Å². The number of halogens is 1. The van der Waals surface area contributed by atoms with Gasteiger partial charge in [0.15, 0.2) is 0 Å². The first-order chi connectivity index (χ1) is 17.7. The largest absolute Gasteiger partial charge is 0.419 e. The molecular weight excluding hydrogens is 489 g/mol. The molecule has 4 aromatic rings. The molecule has 0 radical (unpaired) electrons. The maximum absolute atomic E-state index is 14.5. The maximum Gasteiger partial charge on any atom is 0.254 e. The van der Waals surface area contributed by atoms with Crippen LogP contribution >= 0.6 is 11.3 Å². The van der Waals surface area contributed by atoms with Gasteiger partial charge in [0.1, 0.15) is 11.2 Å². The third kappa shape index (κ3) is 5.33. The van der Waals surface area contributed by atoms with Gasteiger partial charge in [0.2, 0.25) is 11.8 Å². The SMILES string of the molecule is Cc1csc(C2CCCN2C(=O)c2cc(-c3nnc(C(C)(N)Cc4ccccc4)o3)cc(C(C)F)c2)n1. The van der Waals surface area contributed by atoms with Crippen LogP contribution in [-0.2, 0) is 12.0 Å². The summed E-state index contributed by atoms with van der Waals surface area (Å²) in [6.07, 6.45) is 0.981. The Morgan fingerprint density at radius 1 is 1.27 bits per heavy atom. The second-order valence-corrected chi connectivity index (χ2v) is 10.8. The van der Waals surface area contributed by atoms with Crippen molar-refractivity contribution in [2.45, 2.75) is 57.8 Å². The lowest BCUT2D eigenvalue weighted by Crippen LogP contribution is -2.35. The number of carbonyl (C=O) groups is 1. The average molecular weight is 520 g/mol. The Hall–Kier alpha value is -3.43. The van der Waals surface area contributed by atoms with Crippen LogP contribution in [0.25, 0.3) is 11.5 Å². The van der Waals surface area contributed by atoms with Crippen molar-refractivity contribution in [1.82, 2.24) is 20.1 Å². The Morgan fingerprint density at radius 3 is 2.76 bits per heavy atom. The van der Waals surface area contributed by atoms with Gasteiger partial charge in [0.05, 0.1) is 11.6 Å². The summed E-state index contributed by atoms with van der Waals surface area (Å²) in [6, 6.07) is 14.7. The molecule has 1 aliphatic heterocycles. The summed E-state index contributed by atoms with van der Waals surface area (Å²) < 4.78 is 20.5. The lowest BCUT2D eigenvalue weighted by molar-refractivity contribution is 0.0735. The van der Waals surface area contributed by atoms with E-state index in [9.17, 15) is 9.18 Å². The summed E-state index contributed by atoms with van der Waals surface area (Å²) in [5, 5.41) is 11.3. The van der Waals surface area contributed by atoms with Gasteiger partial charge >= 0.3 is 0 Å². The first-order valence-corrected chi connectivity index (χ1v) is 13.3. The summed E-state index contributed by atoms with van der Waals surface area (Å²) in [5.41, 5.74) is 8.89. The Labute approximate surface area is 219 Å². The molecule has 3 atom stereocenters. The summed E-state index contributed by atoms with van der Waals surface area (Å²) in [6.45, 7) is 5.85. The number of thiazole rings is 1. The van der Waals surface area contributed by atoms with E-state index in [1.165, 1.54) is 6.92 Å². The topological polar surface area (TPSA) is 98.1 Å². The van der Waals surface area contributed by atoms with Crippen molar-refractivity contribution in [1.29, 1.82) is 0 Å². The van der Waals surface area contributed by atoms with Crippen molar-refractivity contribution >= 4 is 17.2 Å². The molecule has 2 aromatic heterocycles. The predicted molar refractivity (Wildman–Crippen MR) is 141 cm³/mol. The Balaban J connectivity index is 1.45. The van der Waals surface area contributed by atoms with E-state index in [4.69, 9.17) is 10.2 Å². The molecule has 2 N–H and O–H groups in total. The van der Waals surface area contributed by atoms with E-state index in [2.05, 4.69) is 15.2 Å². The van der Waals surface area contributed by atoms with Crippen molar-refractivity contribution in [2.75, 3.05) is 6.54 Å². The fraction of sp³-hybridized carbons (Fsp3) is 0.357. The minimum atomic E-state index is -1.28. The number of nitrogens with two attached hydrogens (primary N) is 1. The van der Waals surface area contributed by atoms with Crippen LogP contribution in [0.3, 0.4) is 0 Å². The molecule has 1 aliphatic rings. The number of hydrogen-bond donors (Lipinski definition) is 1. The van der Waals surface area contributed by atoms with Crippen LogP contribution < -0.4 is 5.73 Å². The first kappa shape index (κ1) is 25.2. The highest BCUT2D eigenvalue weighted by Crippen LogP contribution is 2.36. The molecule has 0 bridgehead atoms. The fourth-order valence-electron chi connectivity index (χ4n) is 4.75. The normalized spacial score (nSPS) is 18.1. The van der Waals surface area contributed by atoms with E-state index in [0.29, 0.717) is 29.7 Å². The van der Waals surface area contributed by atoms with Gasteiger partial charge in [-0.05, 0) is 69.4 Å². The van der Waals surface area contributed by atoms with Gasteiger partial charge in [0.25, 0.3) is 5.91 Å². The second-order valence-electron chi connectivity index (χ2n) is 9.94. The average Bonchev–Trinajstić information content (AvgIpc) is 3.64. The zero-order valence-electron chi connectivity index (χ0n) is 21.1. The van der Waals surface area contributed by atoms with Crippen molar-refractivity contribution in [3.8, 4) is 11.5 Å². The molecule has 192 valence electrons. The van der Waals surface area contributed by atoms with E-state index in [0.717, 1.165) is 29.1 Å². The third-order valence-corrected chi connectivity index (χ3v) is 7.74. The highest BCUT2D eigenvalue weighted by molar-refractivity contribution is 7.09. The lowest BCUT2D eigenvalue weighted by Gasteiger charge is -2.24. The number of likely N-dealkylation sites (tertiary alicyclic amines) is 1. The zero-order valence-corrected chi connectivity index (χ0v) is 22.0. The molecule has 1 fully saturated rings. The molecule has 1 amide bonds. The van der Waals surface area contributed by atoms with Crippen LogP contribution in [0.2, 0.25) is 0 Å². The lowest BCUT2D eigenvalue weighted by atomic mass is 9.94. The number of benzene rings is 2. The van der Waals surface area contributed by atoms with Gasteiger partial charge in [-0.2, -0.15) is 0 Å². The van der Waals surface area contributed by atoms with Crippen LogP contribution in [0.4, 0.5) is 4.39 Å². The number of aryl methyl sites for hydroxylation is 1. The Bertz CT molecular complexity index is 1400. The molecule has 5 rings (SSSR count). The van der Waals surface area contributed by atoms with Crippen molar-refractivity contribution in [3.05, 3.63) is 87.2 Å². The molecule has 9 heteroatoms. The van der Waals surface area contributed by atoms with Crippen LogP contribution in [0.5, 0.6) is 0 Å². The van der Waals surface area contributed by atoms with Crippen LogP contribution in [0.15, 0.2) is 58.3 Å². The molecule has 7 nitrogen and oxygen atoms in total. The second kappa shape index (κ2) is 10.1. The van der Waals surface area contributed by atoms with E-state index in [1.54, 1.807) is 29.5 Å². The number of alkyl halides is 1. The van der Waals surface area contributed by atoms with Gasteiger partial charge in [0, 0.05) is 28.7 Å². The first-order valence-electron chi connectivity index (χ1n) is 12.4. The molecule has 0 spiro atoms. The summed E-state index contributed by atoms with van der Waals surface area (Å²) in [7, 11) is 0. The highest BCUT2D eigenvalue weighted by atomic mass is 32.1. The van der Waals surface area contributed by atoms with Gasteiger partial charge in [-0.15, -0.1) is 21.5 Å². The predicted octanol–water partition coefficient (Wildman–Crippen LogP) is 5.93. The molecule has 3 heterocycles. The minimum absolute atomic E-state index is 0.0768. The summed E-state index contributed by atoms with van der Waals surface area (Å²) >= 11 is 1.57. The van der Waals surface area contributed by atoms with E-state index < -0.39 is 11.7 Å². The molecular formula is C28H30FN5O2S. The molecule has 0 aliphatic carbocycles. The quantitative estimate of drug-likeness (QED) is 0.325. The van der Waals surface area contributed by atoms with Gasteiger partial charge < -0.3 is 15.1 Å². The number of nitrogens with zero attached hydrogens (tertiary/aromatic N) is 4. The van der Waals surface area contributed by atoms with Crippen molar-refractivity contribution in [2.24, 2.45) is 5.73 Å². The summed E-state index contributed by atoms with van der Waals surface area (Å²) in [5.74, 6) is 0.313. The van der Waals surface area contributed by atoms with E-state index in [1.807, 2.05) is 54.5 Å². The molecule has 3 unspecified atom stereocenters. The van der Waals surface area contributed by atoms with Gasteiger partial charge in [-0.1, -0.05) is 30.3 Å². The Morgan fingerprint density at radius 2 is 2.05 bits per heavy atom. The highest BCUT2D eigenvalue weighted by Gasteiger charge is 2.33. The van der Waals surface area contributed by atoms with Crippen LogP contribution in [0, 0.1) is 6.92 Å². The number of hydrogen-bond acceptors (Lipinski definition) is 7. The van der Waals surface area contributed by atoms with Gasteiger partial charge in [-0.3, -0.25) is 4.79 Å². The third-order valence-electron chi connectivity index (χ3n) is 6.67. The number of aromatic nitrogens is 3. The monoisotopic (exact) mass is 519 g/mol. The molecule has 37 heavy (non-hydrogen) atoms. The number of rotatable bonds is 7. The maximum atomic E-state index is 14.5. The zero-order chi connectivity index (χ0) is 26.2. The van der Waals surface area contributed by atoms with Crippen LogP contribution in [0.1, 0.15) is 77.0 Å². The molecule has 2 aromatic carbocycles. The summed E-state index contributed by atoms with van der Waals surface area (Å²) in [4.78, 5) is 20.1. The number of amides is 1.